The van der Waals surface area contributed by atoms with E-state index in [2.05, 4.69) is 10.2 Å². The van der Waals surface area contributed by atoms with Crippen LogP contribution >= 0.6 is 0 Å². The third kappa shape index (κ3) is 1.90. The van der Waals surface area contributed by atoms with Crippen LogP contribution in [0.4, 0.5) is 0 Å². The van der Waals surface area contributed by atoms with Crippen molar-refractivity contribution >= 4 is 10.1 Å². The van der Waals surface area contributed by atoms with Gasteiger partial charge in [0.2, 0.25) is 0 Å². The molecule has 0 bridgehead atoms. The summed E-state index contributed by atoms with van der Waals surface area (Å²) in [6.07, 6.45) is 0.562. The minimum Gasteiger partial charge on any atom is -0.311 e. The molecule has 6 heteroatoms. The lowest BCUT2D eigenvalue weighted by atomic mass is 10.2. The largest absolute Gasteiger partial charge is 0.311 e. The van der Waals surface area contributed by atoms with Gasteiger partial charge in [0, 0.05) is 0 Å². The SMILES string of the molecule is CCC(N)(CC)S(=O)(=O)ON. The summed E-state index contributed by atoms with van der Waals surface area (Å²) in [6.45, 7) is 3.33. The Labute approximate surface area is 66.8 Å². The third-order valence-electron chi connectivity index (χ3n) is 1.82. The molecule has 0 aromatic carbocycles. The molecule has 0 spiro atoms. The van der Waals surface area contributed by atoms with Gasteiger partial charge in [-0.05, 0) is 12.8 Å². The van der Waals surface area contributed by atoms with Crippen molar-refractivity contribution in [1.29, 1.82) is 0 Å². The van der Waals surface area contributed by atoms with Crippen molar-refractivity contribution in [3.05, 3.63) is 0 Å². The van der Waals surface area contributed by atoms with Gasteiger partial charge in [-0.3, -0.25) is 0 Å². The summed E-state index contributed by atoms with van der Waals surface area (Å²) in [5.41, 5.74) is 5.49. The molecule has 0 aliphatic heterocycles. The minimum atomic E-state index is -3.80. The molecular weight excluding hydrogens is 168 g/mol. The lowest BCUT2D eigenvalue weighted by molar-refractivity contribution is 0.303. The Hall–Kier alpha value is -0.170. The minimum absolute atomic E-state index is 0.281. The Morgan fingerprint density at radius 2 is 1.73 bits per heavy atom. The molecule has 0 aromatic rings. The number of nitrogens with two attached hydrogens (primary N) is 2. The van der Waals surface area contributed by atoms with Crippen LogP contribution in [-0.2, 0) is 14.4 Å². The third-order valence-corrected chi connectivity index (χ3v) is 3.65. The van der Waals surface area contributed by atoms with E-state index in [4.69, 9.17) is 5.73 Å². The maximum Gasteiger partial charge on any atom is 0.301 e. The van der Waals surface area contributed by atoms with Gasteiger partial charge >= 0.3 is 10.1 Å². The molecule has 0 heterocycles. The van der Waals surface area contributed by atoms with Crippen LogP contribution in [0.3, 0.4) is 0 Å². The first kappa shape index (κ1) is 10.8. The van der Waals surface area contributed by atoms with Crippen molar-refractivity contribution in [2.75, 3.05) is 0 Å². The summed E-state index contributed by atoms with van der Waals surface area (Å²) in [4.78, 5) is -1.35. The van der Waals surface area contributed by atoms with Gasteiger partial charge in [0.15, 0.2) is 0 Å². The fraction of sp³-hybridized carbons (Fsp3) is 1.00. The second kappa shape index (κ2) is 3.48. The number of hydrogen-bond donors (Lipinski definition) is 2. The molecular formula is C5H14N2O3S. The van der Waals surface area contributed by atoms with E-state index in [0.29, 0.717) is 0 Å². The maximum atomic E-state index is 11.0. The van der Waals surface area contributed by atoms with E-state index in [-0.39, 0.29) is 12.8 Å². The van der Waals surface area contributed by atoms with Crippen molar-refractivity contribution in [3.63, 3.8) is 0 Å². The molecule has 0 aliphatic carbocycles. The molecule has 0 amide bonds. The van der Waals surface area contributed by atoms with Gasteiger partial charge in [-0.15, -0.1) is 0 Å². The standard InChI is InChI=1S/C5H14N2O3S/c1-3-5(6,4-2)11(8,9)10-7/h3-4,6-7H2,1-2H3. The molecule has 68 valence electrons. The molecule has 0 fully saturated rings. The highest BCUT2D eigenvalue weighted by Crippen LogP contribution is 2.19. The van der Waals surface area contributed by atoms with Crippen LogP contribution in [0.15, 0.2) is 0 Å². The van der Waals surface area contributed by atoms with Crippen LogP contribution in [0.1, 0.15) is 26.7 Å². The normalized spacial score (nSPS) is 13.5. The van der Waals surface area contributed by atoms with E-state index in [9.17, 15) is 8.42 Å². The molecule has 5 nitrogen and oxygen atoms in total. The highest BCUT2D eigenvalue weighted by molar-refractivity contribution is 7.88. The van der Waals surface area contributed by atoms with Crippen molar-refractivity contribution in [1.82, 2.24) is 0 Å². The van der Waals surface area contributed by atoms with E-state index in [1.165, 1.54) is 0 Å². The van der Waals surface area contributed by atoms with Gasteiger partial charge in [-0.1, -0.05) is 13.8 Å². The first-order valence-electron chi connectivity index (χ1n) is 3.35. The molecule has 11 heavy (non-hydrogen) atoms. The van der Waals surface area contributed by atoms with E-state index < -0.39 is 15.0 Å². The Morgan fingerprint density at radius 1 is 1.36 bits per heavy atom. The van der Waals surface area contributed by atoms with Crippen LogP contribution in [0.5, 0.6) is 0 Å². The van der Waals surface area contributed by atoms with Gasteiger partial charge in [0.1, 0.15) is 4.87 Å². The Morgan fingerprint density at radius 3 is 1.82 bits per heavy atom. The van der Waals surface area contributed by atoms with Crippen LogP contribution < -0.4 is 11.6 Å². The lowest BCUT2D eigenvalue weighted by Gasteiger charge is -2.23. The van der Waals surface area contributed by atoms with Gasteiger partial charge in [0.05, 0.1) is 0 Å². The van der Waals surface area contributed by atoms with Crippen LogP contribution in [-0.4, -0.2) is 13.3 Å². The van der Waals surface area contributed by atoms with E-state index in [1.807, 2.05) is 0 Å². The molecule has 0 saturated heterocycles. The molecule has 0 aromatic heterocycles. The highest BCUT2D eigenvalue weighted by Gasteiger charge is 2.37. The fourth-order valence-electron chi connectivity index (χ4n) is 0.699. The second-order valence-electron chi connectivity index (χ2n) is 2.32. The maximum absolute atomic E-state index is 11.0. The average molecular weight is 182 g/mol. The van der Waals surface area contributed by atoms with Gasteiger partial charge in [0.25, 0.3) is 0 Å². The number of hydrogen-bond acceptors (Lipinski definition) is 5. The van der Waals surface area contributed by atoms with Gasteiger partial charge in [-0.25, -0.2) is 0 Å². The molecule has 0 aliphatic rings. The van der Waals surface area contributed by atoms with Crippen LogP contribution in [0.25, 0.3) is 0 Å². The first-order chi connectivity index (χ1) is 4.93. The highest BCUT2D eigenvalue weighted by atomic mass is 32.2. The molecule has 0 saturated carbocycles. The first-order valence-corrected chi connectivity index (χ1v) is 4.76. The predicted molar refractivity (Wildman–Crippen MR) is 41.7 cm³/mol. The number of rotatable bonds is 4. The van der Waals surface area contributed by atoms with Crippen LogP contribution in [0.2, 0.25) is 0 Å². The van der Waals surface area contributed by atoms with Crippen molar-refractivity contribution in [3.8, 4) is 0 Å². The van der Waals surface area contributed by atoms with Crippen LogP contribution in [0, 0.1) is 0 Å². The summed E-state index contributed by atoms with van der Waals surface area (Å²) in [5.74, 6) is 4.58. The summed E-state index contributed by atoms with van der Waals surface area (Å²) in [6, 6.07) is 0. The van der Waals surface area contributed by atoms with Gasteiger partial charge < -0.3 is 5.73 Å². The average Bonchev–Trinajstić information content (AvgIpc) is 2.02. The molecule has 0 radical (unpaired) electrons. The molecule has 4 N–H and O–H groups in total. The quantitative estimate of drug-likeness (QED) is 0.581. The van der Waals surface area contributed by atoms with Gasteiger partial charge in [-0.2, -0.15) is 18.6 Å². The van der Waals surface area contributed by atoms with E-state index in [1.54, 1.807) is 13.8 Å². The summed E-state index contributed by atoms with van der Waals surface area (Å²) in [5, 5.41) is 0. The topological polar surface area (TPSA) is 95.4 Å². The molecule has 0 atom stereocenters. The van der Waals surface area contributed by atoms with E-state index >= 15 is 0 Å². The zero-order valence-electron chi connectivity index (χ0n) is 6.70. The smallest absolute Gasteiger partial charge is 0.301 e. The summed E-state index contributed by atoms with van der Waals surface area (Å²) >= 11 is 0. The van der Waals surface area contributed by atoms with Crippen molar-refractivity contribution in [2.24, 2.45) is 11.6 Å². The van der Waals surface area contributed by atoms with E-state index in [0.717, 1.165) is 0 Å². The lowest BCUT2D eigenvalue weighted by Crippen LogP contribution is -2.48. The van der Waals surface area contributed by atoms with Crippen molar-refractivity contribution < 1.29 is 12.7 Å². The second-order valence-corrected chi connectivity index (χ2v) is 4.24. The molecule has 0 unspecified atom stereocenters. The monoisotopic (exact) mass is 182 g/mol. The van der Waals surface area contributed by atoms with Crippen molar-refractivity contribution in [2.45, 2.75) is 31.6 Å². The zero-order chi connectivity index (χ0) is 9.12. The summed E-state index contributed by atoms with van der Waals surface area (Å²) < 4.78 is 25.9. The zero-order valence-corrected chi connectivity index (χ0v) is 7.52. The fourth-order valence-corrected chi connectivity index (χ4v) is 1.60. The molecule has 0 rings (SSSR count). The Bertz CT molecular complexity index is 208. The summed E-state index contributed by atoms with van der Waals surface area (Å²) in [7, 11) is -3.80. The Kier molecular flexibility index (Phi) is 3.43. The Balaban J connectivity index is 4.78. The predicted octanol–water partition coefficient (Wildman–Crippen LogP) is -0.318.